The van der Waals surface area contributed by atoms with Gasteiger partial charge in [-0.25, -0.2) is 0 Å². The first kappa shape index (κ1) is 11.4. The topological polar surface area (TPSA) is 32.7 Å². The van der Waals surface area contributed by atoms with Crippen molar-refractivity contribution in [2.24, 2.45) is 0 Å². The summed E-state index contributed by atoms with van der Waals surface area (Å²) in [5, 5.41) is 9.23. The quantitative estimate of drug-likeness (QED) is 0.847. The summed E-state index contributed by atoms with van der Waals surface area (Å²) >= 11 is 0. The van der Waals surface area contributed by atoms with Gasteiger partial charge in [0.2, 0.25) is 0 Å². The Kier molecular flexibility index (Phi) is 3.80. The average molecular weight is 221 g/mol. The lowest BCUT2D eigenvalue weighted by molar-refractivity contribution is -0.0127. The fourth-order valence-electron chi connectivity index (χ4n) is 2.11. The lowest BCUT2D eigenvalue weighted by Crippen LogP contribution is -2.44. The van der Waals surface area contributed by atoms with E-state index in [4.69, 9.17) is 4.74 Å². The van der Waals surface area contributed by atoms with E-state index >= 15 is 0 Å². The standard InChI is InChI=1S/C13H19NO2/c1-2-12-10-16-8-7-14(12)9-11-3-5-13(15)6-4-11/h3-6,12,15H,2,7-10H2,1H3. The van der Waals surface area contributed by atoms with Gasteiger partial charge in [0.15, 0.2) is 0 Å². The van der Waals surface area contributed by atoms with Gasteiger partial charge in [0.25, 0.3) is 0 Å². The molecule has 88 valence electrons. The molecule has 1 fully saturated rings. The van der Waals surface area contributed by atoms with Gasteiger partial charge in [-0.15, -0.1) is 0 Å². The molecule has 0 spiro atoms. The fraction of sp³-hybridized carbons (Fsp3) is 0.538. The number of rotatable bonds is 3. The van der Waals surface area contributed by atoms with Crippen molar-refractivity contribution >= 4 is 0 Å². The van der Waals surface area contributed by atoms with Crippen LogP contribution >= 0.6 is 0 Å². The molecular weight excluding hydrogens is 202 g/mol. The van der Waals surface area contributed by atoms with Crippen LogP contribution in [0.15, 0.2) is 24.3 Å². The van der Waals surface area contributed by atoms with Crippen molar-refractivity contribution in [2.75, 3.05) is 19.8 Å². The average Bonchev–Trinajstić information content (AvgIpc) is 2.33. The molecule has 1 atom stereocenters. The van der Waals surface area contributed by atoms with Crippen molar-refractivity contribution in [3.8, 4) is 5.75 Å². The second-order valence-corrected chi connectivity index (χ2v) is 4.27. The molecule has 0 radical (unpaired) electrons. The number of nitrogens with zero attached hydrogens (tertiary/aromatic N) is 1. The highest BCUT2D eigenvalue weighted by atomic mass is 16.5. The van der Waals surface area contributed by atoms with Crippen LogP contribution < -0.4 is 0 Å². The van der Waals surface area contributed by atoms with E-state index in [1.165, 1.54) is 5.56 Å². The number of ether oxygens (including phenoxy) is 1. The minimum Gasteiger partial charge on any atom is -0.508 e. The van der Waals surface area contributed by atoms with Gasteiger partial charge in [-0.2, -0.15) is 0 Å². The molecule has 0 saturated carbocycles. The van der Waals surface area contributed by atoms with E-state index in [-0.39, 0.29) is 0 Å². The summed E-state index contributed by atoms with van der Waals surface area (Å²) in [4.78, 5) is 2.45. The summed E-state index contributed by atoms with van der Waals surface area (Å²) in [7, 11) is 0. The molecule has 2 rings (SSSR count). The highest BCUT2D eigenvalue weighted by Gasteiger charge is 2.20. The number of hydrogen-bond donors (Lipinski definition) is 1. The monoisotopic (exact) mass is 221 g/mol. The molecule has 1 unspecified atom stereocenters. The zero-order valence-electron chi connectivity index (χ0n) is 9.72. The molecule has 16 heavy (non-hydrogen) atoms. The summed E-state index contributed by atoms with van der Waals surface area (Å²) in [6, 6.07) is 7.99. The molecule has 1 aliphatic heterocycles. The first-order valence-electron chi connectivity index (χ1n) is 5.89. The second-order valence-electron chi connectivity index (χ2n) is 4.27. The predicted octanol–water partition coefficient (Wildman–Crippen LogP) is 2.00. The number of aromatic hydroxyl groups is 1. The Balaban J connectivity index is 1.99. The summed E-state index contributed by atoms with van der Waals surface area (Å²) in [6.07, 6.45) is 1.12. The van der Waals surface area contributed by atoms with E-state index in [9.17, 15) is 5.11 Å². The Labute approximate surface area is 96.6 Å². The Morgan fingerprint density at radius 3 is 2.81 bits per heavy atom. The Morgan fingerprint density at radius 2 is 2.12 bits per heavy atom. The zero-order chi connectivity index (χ0) is 11.4. The summed E-state index contributed by atoms with van der Waals surface area (Å²) in [5.41, 5.74) is 1.25. The molecular formula is C13H19NO2. The number of phenolic OH excluding ortho intramolecular Hbond substituents is 1. The van der Waals surface area contributed by atoms with Crippen molar-refractivity contribution in [1.82, 2.24) is 4.90 Å². The van der Waals surface area contributed by atoms with E-state index in [0.717, 1.165) is 32.7 Å². The van der Waals surface area contributed by atoms with Gasteiger partial charge in [-0.05, 0) is 24.1 Å². The normalized spacial score (nSPS) is 22.2. The van der Waals surface area contributed by atoms with Crippen LogP contribution in [0.4, 0.5) is 0 Å². The van der Waals surface area contributed by atoms with Crippen LogP contribution in [0, 0.1) is 0 Å². The Bertz CT molecular complexity index is 323. The van der Waals surface area contributed by atoms with Crippen molar-refractivity contribution in [2.45, 2.75) is 25.9 Å². The third-order valence-corrected chi connectivity index (χ3v) is 3.14. The van der Waals surface area contributed by atoms with Crippen LogP contribution in [0.25, 0.3) is 0 Å². The molecule has 1 aliphatic rings. The maximum Gasteiger partial charge on any atom is 0.115 e. The van der Waals surface area contributed by atoms with Crippen molar-refractivity contribution in [3.63, 3.8) is 0 Å². The maximum atomic E-state index is 9.23. The van der Waals surface area contributed by atoms with Gasteiger partial charge in [-0.3, -0.25) is 4.90 Å². The second kappa shape index (κ2) is 5.32. The third kappa shape index (κ3) is 2.74. The number of benzene rings is 1. The highest BCUT2D eigenvalue weighted by molar-refractivity contribution is 5.25. The molecule has 1 saturated heterocycles. The van der Waals surface area contributed by atoms with Crippen molar-refractivity contribution in [1.29, 1.82) is 0 Å². The van der Waals surface area contributed by atoms with Crippen LogP contribution in [0.1, 0.15) is 18.9 Å². The lowest BCUT2D eigenvalue weighted by Gasteiger charge is -2.35. The molecule has 1 aromatic rings. The van der Waals surface area contributed by atoms with Gasteiger partial charge in [0.1, 0.15) is 5.75 Å². The number of morpholine rings is 1. The van der Waals surface area contributed by atoms with Gasteiger partial charge in [0, 0.05) is 19.1 Å². The van der Waals surface area contributed by atoms with Crippen LogP contribution in [-0.4, -0.2) is 35.8 Å². The van der Waals surface area contributed by atoms with Crippen molar-refractivity contribution < 1.29 is 9.84 Å². The van der Waals surface area contributed by atoms with E-state index in [2.05, 4.69) is 11.8 Å². The van der Waals surface area contributed by atoms with Gasteiger partial charge < -0.3 is 9.84 Å². The van der Waals surface area contributed by atoms with Crippen LogP contribution in [0.3, 0.4) is 0 Å². The largest absolute Gasteiger partial charge is 0.508 e. The molecule has 3 nitrogen and oxygen atoms in total. The third-order valence-electron chi connectivity index (χ3n) is 3.14. The summed E-state index contributed by atoms with van der Waals surface area (Å²) < 4.78 is 5.48. The van der Waals surface area contributed by atoms with Gasteiger partial charge in [-0.1, -0.05) is 19.1 Å². The minimum atomic E-state index is 0.331. The molecule has 0 aromatic heterocycles. The van der Waals surface area contributed by atoms with E-state index in [0.29, 0.717) is 11.8 Å². The van der Waals surface area contributed by atoms with Crippen molar-refractivity contribution in [3.05, 3.63) is 29.8 Å². The van der Waals surface area contributed by atoms with E-state index in [1.807, 2.05) is 12.1 Å². The molecule has 0 bridgehead atoms. The molecule has 1 aromatic carbocycles. The van der Waals surface area contributed by atoms with E-state index in [1.54, 1.807) is 12.1 Å². The van der Waals surface area contributed by atoms with Crippen LogP contribution in [0.5, 0.6) is 5.75 Å². The molecule has 1 heterocycles. The molecule has 0 aliphatic carbocycles. The fourth-order valence-corrected chi connectivity index (χ4v) is 2.11. The highest BCUT2D eigenvalue weighted by Crippen LogP contribution is 2.16. The first-order chi connectivity index (χ1) is 7.79. The summed E-state index contributed by atoms with van der Waals surface area (Å²) in [5.74, 6) is 0.331. The van der Waals surface area contributed by atoms with E-state index < -0.39 is 0 Å². The Morgan fingerprint density at radius 1 is 1.38 bits per heavy atom. The molecule has 0 amide bonds. The zero-order valence-corrected chi connectivity index (χ0v) is 9.72. The Hall–Kier alpha value is -1.06. The van der Waals surface area contributed by atoms with Gasteiger partial charge >= 0.3 is 0 Å². The smallest absolute Gasteiger partial charge is 0.115 e. The predicted molar refractivity (Wildman–Crippen MR) is 63.4 cm³/mol. The summed E-state index contributed by atoms with van der Waals surface area (Å²) in [6.45, 7) is 5.81. The number of hydrogen-bond acceptors (Lipinski definition) is 3. The molecule has 1 N–H and O–H groups in total. The SMILES string of the molecule is CCC1COCCN1Cc1ccc(O)cc1. The number of phenols is 1. The lowest BCUT2D eigenvalue weighted by atomic mass is 10.1. The minimum absolute atomic E-state index is 0.331. The first-order valence-corrected chi connectivity index (χ1v) is 5.89. The van der Waals surface area contributed by atoms with Crippen LogP contribution in [-0.2, 0) is 11.3 Å². The van der Waals surface area contributed by atoms with Gasteiger partial charge in [0.05, 0.1) is 13.2 Å². The van der Waals surface area contributed by atoms with Crippen LogP contribution in [0.2, 0.25) is 0 Å². The molecule has 3 heteroatoms. The maximum absolute atomic E-state index is 9.23.